The maximum atomic E-state index is 7.01. The van der Waals surface area contributed by atoms with Gasteiger partial charge in [0.15, 0.2) is 5.82 Å². The molecule has 0 radical (unpaired) electrons. The van der Waals surface area contributed by atoms with E-state index < -0.39 is 0 Å². The SMILES string of the molecule is C1=CCC(c2ccc3c(c2)c2cc(-c4cccc5c4oc4c(-c6cc(-c7ccccc7)nc(-c7ccccc7)n6)cccc45)ccc2n3-c2ccccc2)C=C1. The van der Waals surface area contributed by atoms with Gasteiger partial charge in [-0.15, -0.1) is 0 Å². The fourth-order valence-corrected chi connectivity index (χ4v) is 8.43. The van der Waals surface area contributed by atoms with Crippen molar-refractivity contribution in [2.45, 2.75) is 12.3 Å². The van der Waals surface area contributed by atoms with Crippen LogP contribution in [0.2, 0.25) is 0 Å². The highest BCUT2D eigenvalue weighted by atomic mass is 16.3. The molecule has 1 aliphatic carbocycles. The molecule has 3 aromatic heterocycles. The Bertz CT molecular complexity index is 3100. The van der Waals surface area contributed by atoms with Gasteiger partial charge in [0, 0.05) is 55.4 Å². The van der Waals surface area contributed by atoms with E-state index in [1.54, 1.807) is 0 Å². The monoisotopic (exact) mass is 717 g/mol. The maximum Gasteiger partial charge on any atom is 0.160 e. The molecule has 0 bridgehead atoms. The van der Waals surface area contributed by atoms with Gasteiger partial charge in [-0.05, 0) is 66.1 Å². The molecule has 11 rings (SSSR count). The second-order valence-corrected chi connectivity index (χ2v) is 14.5. The summed E-state index contributed by atoms with van der Waals surface area (Å²) in [5, 5.41) is 4.60. The summed E-state index contributed by atoms with van der Waals surface area (Å²) in [4.78, 5) is 10.2. The number of allylic oxidation sites excluding steroid dienone is 4. The van der Waals surface area contributed by atoms with Gasteiger partial charge >= 0.3 is 0 Å². The van der Waals surface area contributed by atoms with Gasteiger partial charge < -0.3 is 8.98 Å². The van der Waals surface area contributed by atoms with Gasteiger partial charge in [0.05, 0.1) is 22.4 Å². The number of nitrogens with zero attached hydrogens (tertiary/aromatic N) is 3. The molecule has 1 unspecified atom stereocenters. The zero-order chi connectivity index (χ0) is 37.0. The molecule has 1 aliphatic rings. The van der Waals surface area contributed by atoms with Crippen molar-refractivity contribution in [3.8, 4) is 50.7 Å². The van der Waals surface area contributed by atoms with Crippen LogP contribution in [-0.2, 0) is 0 Å². The Labute approximate surface area is 324 Å². The van der Waals surface area contributed by atoms with Crippen molar-refractivity contribution >= 4 is 43.7 Å². The zero-order valence-electron chi connectivity index (χ0n) is 30.5. The average molecular weight is 718 g/mol. The number of rotatable bonds is 6. The molecule has 0 fully saturated rings. The van der Waals surface area contributed by atoms with E-state index in [4.69, 9.17) is 14.4 Å². The van der Waals surface area contributed by atoms with Crippen LogP contribution in [0, 0.1) is 0 Å². The lowest BCUT2D eigenvalue weighted by atomic mass is 9.91. The van der Waals surface area contributed by atoms with Crippen molar-refractivity contribution in [2.24, 2.45) is 0 Å². The minimum Gasteiger partial charge on any atom is -0.455 e. The minimum atomic E-state index is 0.364. The van der Waals surface area contributed by atoms with Crippen molar-refractivity contribution in [1.29, 1.82) is 0 Å². The molecule has 0 saturated heterocycles. The summed E-state index contributed by atoms with van der Waals surface area (Å²) in [6.07, 6.45) is 9.89. The van der Waals surface area contributed by atoms with Crippen LogP contribution >= 0.6 is 0 Å². The normalized spacial score (nSPS) is 14.0. The van der Waals surface area contributed by atoms with Crippen LogP contribution in [0.5, 0.6) is 0 Å². The smallest absolute Gasteiger partial charge is 0.160 e. The summed E-state index contributed by atoms with van der Waals surface area (Å²) in [7, 11) is 0. The third kappa shape index (κ3) is 5.38. The van der Waals surface area contributed by atoms with Crippen molar-refractivity contribution in [1.82, 2.24) is 14.5 Å². The molecule has 4 heteroatoms. The summed E-state index contributed by atoms with van der Waals surface area (Å²) in [5.41, 5.74) is 13.3. The predicted molar refractivity (Wildman–Crippen MR) is 231 cm³/mol. The Morgan fingerprint density at radius 1 is 0.482 bits per heavy atom. The summed E-state index contributed by atoms with van der Waals surface area (Å²) >= 11 is 0. The van der Waals surface area contributed by atoms with E-state index in [9.17, 15) is 0 Å². The molecule has 0 amide bonds. The highest BCUT2D eigenvalue weighted by Gasteiger charge is 2.20. The first-order valence-electron chi connectivity index (χ1n) is 19.2. The van der Waals surface area contributed by atoms with Gasteiger partial charge in [-0.2, -0.15) is 0 Å². The van der Waals surface area contributed by atoms with Crippen LogP contribution in [0.15, 0.2) is 199 Å². The van der Waals surface area contributed by atoms with E-state index in [0.29, 0.717) is 11.7 Å². The van der Waals surface area contributed by atoms with Crippen LogP contribution in [0.1, 0.15) is 17.9 Å². The molecule has 1 atom stereocenters. The van der Waals surface area contributed by atoms with Gasteiger partial charge in [-0.1, -0.05) is 146 Å². The van der Waals surface area contributed by atoms with Gasteiger partial charge in [-0.3, -0.25) is 0 Å². The van der Waals surface area contributed by atoms with Crippen LogP contribution < -0.4 is 0 Å². The molecule has 10 aromatic rings. The topological polar surface area (TPSA) is 43.9 Å². The van der Waals surface area contributed by atoms with Crippen molar-refractivity contribution < 1.29 is 4.42 Å². The lowest BCUT2D eigenvalue weighted by Crippen LogP contribution is -1.97. The van der Waals surface area contributed by atoms with Crippen LogP contribution in [0.4, 0.5) is 0 Å². The molecule has 7 aromatic carbocycles. The zero-order valence-corrected chi connectivity index (χ0v) is 30.5. The summed E-state index contributed by atoms with van der Waals surface area (Å²) in [6, 6.07) is 59.9. The Hall–Kier alpha value is -7.30. The molecule has 264 valence electrons. The maximum absolute atomic E-state index is 7.01. The Morgan fingerprint density at radius 3 is 1.86 bits per heavy atom. The molecule has 3 heterocycles. The number of para-hydroxylation sites is 3. The summed E-state index contributed by atoms with van der Waals surface area (Å²) in [6.45, 7) is 0. The Balaban J connectivity index is 1.10. The number of fused-ring (bicyclic) bond motifs is 6. The van der Waals surface area contributed by atoms with Crippen LogP contribution in [0.3, 0.4) is 0 Å². The van der Waals surface area contributed by atoms with Crippen molar-refractivity contribution in [3.05, 3.63) is 200 Å². The largest absolute Gasteiger partial charge is 0.455 e. The highest BCUT2D eigenvalue weighted by molar-refractivity contribution is 6.15. The number of furan rings is 1. The number of benzene rings is 7. The van der Waals surface area contributed by atoms with Gasteiger partial charge in [-0.25, -0.2) is 9.97 Å². The molecule has 0 N–H and O–H groups in total. The third-order valence-electron chi connectivity index (χ3n) is 11.2. The highest BCUT2D eigenvalue weighted by Crippen LogP contribution is 2.42. The van der Waals surface area contributed by atoms with E-state index in [-0.39, 0.29) is 0 Å². The fraction of sp³-hybridized carbons (Fsp3) is 0.0385. The number of aromatic nitrogens is 3. The molecular formula is C52H35N3O. The Kier molecular flexibility index (Phi) is 7.59. The van der Waals surface area contributed by atoms with Gasteiger partial charge in [0.2, 0.25) is 0 Å². The van der Waals surface area contributed by atoms with E-state index in [1.165, 1.54) is 27.4 Å². The first kappa shape index (κ1) is 32.2. The van der Waals surface area contributed by atoms with Crippen LogP contribution in [0.25, 0.3) is 94.5 Å². The van der Waals surface area contributed by atoms with Crippen LogP contribution in [-0.4, -0.2) is 14.5 Å². The minimum absolute atomic E-state index is 0.364. The van der Waals surface area contributed by atoms with E-state index in [2.05, 4.69) is 162 Å². The lowest BCUT2D eigenvalue weighted by molar-refractivity contribution is 0.671. The third-order valence-corrected chi connectivity index (χ3v) is 11.2. The second kappa shape index (κ2) is 13.2. The predicted octanol–water partition coefficient (Wildman–Crippen LogP) is 13.7. The molecule has 4 nitrogen and oxygen atoms in total. The van der Waals surface area contributed by atoms with E-state index in [1.807, 2.05) is 36.4 Å². The molecule has 0 saturated carbocycles. The second-order valence-electron chi connectivity index (χ2n) is 14.5. The lowest BCUT2D eigenvalue weighted by Gasteiger charge is -2.14. The van der Waals surface area contributed by atoms with E-state index >= 15 is 0 Å². The van der Waals surface area contributed by atoms with Crippen molar-refractivity contribution in [2.75, 3.05) is 0 Å². The van der Waals surface area contributed by atoms with E-state index in [0.717, 1.165) is 73.3 Å². The molecule has 0 aliphatic heterocycles. The standard InChI is InChI=1S/C52H35N3O/c1-5-15-34(16-6-1)37-27-29-48-44(31-37)45-32-38(28-30-49(45)55(48)39-21-11-4-12-22-39)40-23-13-24-41-42-25-14-26-43(51(42)56-50(40)41)47-33-46(35-17-7-2-8-18-35)53-52(54-47)36-19-9-3-10-20-36/h1-15,17-34H,16H2. The first-order valence-corrected chi connectivity index (χ1v) is 19.2. The number of hydrogen-bond acceptors (Lipinski definition) is 3. The summed E-state index contributed by atoms with van der Waals surface area (Å²) < 4.78 is 9.39. The fourth-order valence-electron chi connectivity index (χ4n) is 8.43. The van der Waals surface area contributed by atoms with Gasteiger partial charge in [0.25, 0.3) is 0 Å². The van der Waals surface area contributed by atoms with Gasteiger partial charge in [0.1, 0.15) is 11.2 Å². The molecule has 0 spiro atoms. The average Bonchev–Trinajstić information content (AvgIpc) is 3.83. The molecular weight excluding hydrogens is 683 g/mol. The quantitative estimate of drug-likeness (QED) is 0.172. The Morgan fingerprint density at radius 2 is 1.12 bits per heavy atom. The van der Waals surface area contributed by atoms with Crippen molar-refractivity contribution in [3.63, 3.8) is 0 Å². The first-order chi connectivity index (χ1) is 27.8. The molecule has 56 heavy (non-hydrogen) atoms. The summed E-state index contributed by atoms with van der Waals surface area (Å²) in [5.74, 6) is 1.04. The number of hydrogen-bond donors (Lipinski definition) is 0.